The summed E-state index contributed by atoms with van der Waals surface area (Å²) in [6.45, 7) is 1.43. The molecule has 2 heterocycles. The van der Waals surface area contributed by atoms with Crippen LogP contribution in [0.25, 0.3) is 0 Å². The van der Waals surface area contributed by atoms with Gasteiger partial charge in [0.05, 0.1) is 18.1 Å². The maximum atomic E-state index is 14.2. The Kier molecular flexibility index (Phi) is 4.92. The number of esters is 1. The molecule has 1 aliphatic heterocycles. The van der Waals surface area contributed by atoms with E-state index in [0.717, 1.165) is 6.20 Å². The van der Waals surface area contributed by atoms with E-state index in [9.17, 15) is 24.1 Å². The number of aryl methyl sites for hydroxylation is 1. The minimum atomic E-state index is -1.93. The zero-order chi connectivity index (χ0) is 17.1. The predicted octanol–water partition coefficient (Wildman–Crippen LogP) is 0.625. The molecule has 2 rings (SSSR count). The number of nitrogens with zero attached hydrogens (tertiary/aromatic N) is 4. The molecule has 0 saturated carbocycles. The van der Waals surface area contributed by atoms with Crippen LogP contribution in [-0.4, -0.2) is 52.3 Å². The van der Waals surface area contributed by atoms with E-state index in [4.69, 9.17) is 4.74 Å². The highest BCUT2D eigenvalue weighted by atomic mass is 19.1. The Bertz CT molecular complexity index is 632. The lowest BCUT2D eigenvalue weighted by Crippen LogP contribution is -2.35. The predicted molar refractivity (Wildman–Crippen MR) is 76.7 cm³/mol. The molecule has 0 spiro atoms. The van der Waals surface area contributed by atoms with Gasteiger partial charge in [-0.3, -0.25) is 19.7 Å². The molecule has 0 N–H and O–H groups in total. The molecular formula is C13H17FN4O5. The number of Topliss-reactive ketones (excluding diaryl/α,β-unsaturated/α-hetero) is 1. The summed E-state index contributed by atoms with van der Waals surface area (Å²) < 4.78 is 20.2. The number of aromatic nitrogens is 2. The van der Waals surface area contributed by atoms with Gasteiger partial charge in [-0.25, -0.2) is 9.07 Å². The third-order valence-corrected chi connectivity index (χ3v) is 3.68. The maximum Gasteiger partial charge on any atom is 0.331 e. The van der Waals surface area contributed by atoms with Crippen LogP contribution in [0.15, 0.2) is 6.20 Å². The summed E-state index contributed by atoms with van der Waals surface area (Å²) in [6.07, 6.45) is -0.833. The van der Waals surface area contributed by atoms with Gasteiger partial charge in [0.15, 0.2) is 12.0 Å². The Labute approximate surface area is 131 Å². The zero-order valence-electron chi connectivity index (χ0n) is 12.8. The molecule has 0 aromatic carbocycles. The quantitative estimate of drug-likeness (QED) is 0.345. The standard InChI is InChI=1S/C13H17FN4O5/c1-3-23-13(20)8-4-5-17(7-9(14)11(8)19)12-10(18(21)22)6-15-16(12)2/h6,8-9H,3-5,7H2,1-2H3/t8-,9-/m1/s1. The van der Waals surface area contributed by atoms with Crippen LogP contribution in [0.4, 0.5) is 15.9 Å². The van der Waals surface area contributed by atoms with Crippen LogP contribution in [0.3, 0.4) is 0 Å². The third kappa shape index (κ3) is 3.30. The van der Waals surface area contributed by atoms with Gasteiger partial charge in [0, 0.05) is 13.6 Å². The van der Waals surface area contributed by atoms with Crippen LogP contribution in [0.5, 0.6) is 0 Å². The highest BCUT2D eigenvalue weighted by Gasteiger charge is 2.39. The molecular weight excluding hydrogens is 311 g/mol. The minimum Gasteiger partial charge on any atom is -0.465 e. The van der Waals surface area contributed by atoms with E-state index >= 15 is 0 Å². The Hall–Kier alpha value is -2.52. The summed E-state index contributed by atoms with van der Waals surface area (Å²) in [5.41, 5.74) is -0.276. The van der Waals surface area contributed by atoms with Crippen LogP contribution in [0.2, 0.25) is 0 Å². The summed E-state index contributed by atoms with van der Waals surface area (Å²) in [6, 6.07) is 0. The molecule has 1 saturated heterocycles. The molecule has 1 aliphatic rings. The number of nitro groups is 1. The van der Waals surface area contributed by atoms with Crippen molar-refractivity contribution in [2.45, 2.75) is 19.5 Å². The Morgan fingerprint density at radius 3 is 2.91 bits per heavy atom. The monoisotopic (exact) mass is 328 g/mol. The number of ketones is 1. The molecule has 0 aliphatic carbocycles. The highest BCUT2D eigenvalue weighted by Crippen LogP contribution is 2.30. The number of rotatable bonds is 4. The lowest BCUT2D eigenvalue weighted by molar-refractivity contribution is -0.384. The van der Waals surface area contributed by atoms with Gasteiger partial charge in [-0.1, -0.05) is 0 Å². The normalized spacial score (nSPS) is 21.9. The molecule has 1 aromatic rings. The van der Waals surface area contributed by atoms with Crippen molar-refractivity contribution >= 4 is 23.3 Å². The first-order valence-corrected chi connectivity index (χ1v) is 7.12. The molecule has 0 bridgehead atoms. The lowest BCUT2D eigenvalue weighted by atomic mass is 9.98. The van der Waals surface area contributed by atoms with Crippen LogP contribution >= 0.6 is 0 Å². The first-order chi connectivity index (χ1) is 10.9. The topological polar surface area (TPSA) is 108 Å². The number of hydrogen-bond donors (Lipinski definition) is 0. The number of anilines is 1. The Balaban J connectivity index is 2.28. The fourth-order valence-electron chi connectivity index (χ4n) is 2.60. The van der Waals surface area contributed by atoms with Crippen LogP contribution < -0.4 is 4.90 Å². The fraction of sp³-hybridized carbons (Fsp3) is 0.615. The summed E-state index contributed by atoms with van der Waals surface area (Å²) in [5, 5.41) is 14.9. The van der Waals surface area contributed by atoms with Gasteiger partial charge in [-0.2, -0.15) is 5.10 Å². The van der Waals surface area contributed by atoms with Crippen molar-refractivity contribution in [3.8, 4) is 0 Å². The van der Waals surface area contributed by atoms with Crippen molar-refractivity contribution in [1.29, 1.82) is 0 Å². The van der Waals surface area contributed by atoms with E-state index in [0.29, 0.717) is 0 Å². The molecule has 0 unspecified atom stereocenters. The van der Waals surface area contributed by atoms with Crippen molar-refractivity contribution in [3.63, 3.8) is 0 Å². The first kappa shape index (κ1) is 16.8. The van der Waals surface area contributed by atoms with Gasteiger partial charge in [0.1, 0.15) is 12.1 Å². The second-order valence-corrected chi connectivity index (χ2v) is 5.14. The smallest absolute Gasteiger partial charge is 0.331 e. The summed E-state index contributed by atoms with van der Waals surface area (Å²) >= 11 is 0. The van der Waals surface area contributed by atoms with E-state index < -0.39 is 28.8 Å². The van der Waals surface area contributed by atoms with Gasteiger partial charge in [0.2, 0.25) is 5.82 Å². The summed E-state index contributed by atoms with van der Waals surface area (Å²) in [5.74, 6) is -2.70. The molecule has 126 valence electrons. The van der Waals surface area contributed by atoms with E-state index in [2.05, 4.69) is 5.10 Å². The zero-order valence-corrected chi connectivity index (χ0v) is 12.8. The van der Waals surface area contributed by atoms with Crippen LogP contribution in [0.1, 0.15) is 13.3 Å². The van der Waals surface area contributed by atoms with Crippen LogP contribution in [-0.2, 0) is 21.4 Å². The van der Waals surface area contributed by atoms with Gasteiger partial charge in [-0.15, -0.1) is 0 Å². The van der Waals surface area contributed by atoms with Gasteiger partial charge in [-0.05, 0) is 13.3 Å². The molecule has 1 aromatic heterocycles. The van der Waals surface area contributed by atoms with Crippen molar-refractivity contribution < 1.29 is 23.6 Å². The van der Waals surface area contributed by atoms with Crippen molar-refractivity contribution in [3.05, 3.63) is 16.3 Å². The van der Waals surface area contributed by atoms with Crippen molar-refractivity contribution in [2.75, 3.05) is 24.6 Å². The summed E-state index contributed by atoms with van der Waals surface area (Å²) in [7, 11) is 1.49. The van der Waals surface area contributed by atoms with E-state index in [1.54, 1.807) is 6.92 Å². The number of hydrogen-bond acceptors (Lipinski definition) is 7. The third-order valence-electron chi connectivity index (χ3n) is 3.68. The fourth-order valence-corrected chi connectivity index (χ4v) is 2.60. The largest absolute Gasteiger partial charge is 0.465 e. The average Bonchev–Trinajstić information content (AvgIpc) is 2.81. The van der Waals surface area contributed by atoms with Crippen molar-refractivity contribution in [1.82, 2.24) is 9.78 Å². The second-order valence-electron chi connectivity index (χ2n) is 5.14. The van der Waals surface area contributed by atoms with Gasteiger partial charge in [0.25, 0.3) is 0 Å². The number of carbonyl (C=O) groups excluding carboxylic acids is 2. The van der Waals surface area contributed by atoms with Gasteiger partial charge < -0.3 is 9.64 Å². The van der Waals surface area contributed by atoms with E-state index in [1.807, 2.05) is 0 Å². The SMILES string of the molecule is CCOC(=O)[C@@H]1CCN(c2c([N+](=O)[O-])cnn2C)C[C@@H](F)C1=O. The Morgan fingerprint density at radius 2 is 2.30 bits per heavy atom. The molecule has 23 heavy (non-hydrogen) atoms. The second kappa shape index (κ2) is 6.71. The first-order valence-electron chi connectivity index (χ1n) is 7.12. The Morgan fingerprint density at radius 1 is 1.61 bits per heavy atom. The van der Waals surface area contributed by atoms with Gasteiger partial charge >= 0.3 is 11.7 Å². The van der Waals surface area contributed by atoms with E-state index in [-0.39, 0.29) is 37.6 Å². The summed E-state index contributed by atoms with van der Waals surface area (Å²) in [4.78, 5) is 35.6. The van der Waals surface area contributed by atoms with E-state index in [1.165, 1.54) is 16.6 Å². The number of carbonyl (C=O) groups is 2. The highest BCUT2D eigenvalue weighted by molar-refractivity contribution is 6.01. The number of ether oxygens (including phenoxy) is 1. The number of halogens is 1. The maximum absolute atomic E-state index is 14.2. The molecule has 2 atom stereocenters. The molecule has 0 amide bonds. The van der Waals surface area contributed by atoms with Crippen molar-refractivity contribution in [2.24, 2.45) is 13.0 Å². The minimum absolute atomic E-state index is 0.0282. The lowest BCUT2D eigenvalue weighted by Gasteiger charge is -2.22. The van der Waals surface area contributed by atoms with Crippen LogP contribution in [0, 0.1) is 16.0 Å². The molecule has 1 fully saturated rings. The molecule has 9 nitrogen and oxygen atoms in total. The molecule has 10 heteroatoms. The number of alkyl halides is 1. The average molecular weight is 328 g/mol. The molecule has 0 radical (unpaired) electrons.